The van der Waals surface area contributed by atoms with Crippen LogP contribution in [0, 0.1) is 11.3 Å². The zero-order chi connectivity index (χ0) is 26.2. The second kappa shape index (κ2) is 11.6. The molecular weight excluding hydrogens is 478 g/mol. The maximum atomic E-state index is 12.7. The molecule has 0 fully saturated rings. The van der Waals surface area contributed by atoms with Crippen LogP contribution in [0.25, 0.3) is 16.9 Å². The monoisotopic (exact) mass is 503 g/mol. The van der Waals surface area contributed by atoms with E-state index in [0.29, 0.717) is 41.3 Å². The van der Waals surface area contributed by atoms with Gasteiger partial charge in [0, 0.05) is 42.9 Å². The molecule has 0 saturated carbocycles. The molecule has 13 heteroatoms. The van der Waals surface area contributed by atoms with Crippen molar-refractivity contribution < 1.29 is 19.4 Å². The fraction of sp³-hybridized carbons (Fsp3) is 0.250. The van der Waals surface area contributed by atoms with E-state index in [4.69, 9.17) is 9.84 Å². The lowest BCUT2D eigenvalue weighted by molar-refractivity contribution is 0.0916. The van der Waals surface area contributed by atoms with Crippen LogP contribution < -0.4 is 16.0 Å². The molecule has 3 heterocycles. The highest BCUT2D eigenvalue weighted by atomic mass is 16.5. The highest BCUT2D eigenvalue weighted by Crippen LogP contribution is 2.27. The van der Waals surface area contributed by atoms with Crippen LogP contribution >= 0.6 is 0 Å². The number of aromatic amines is 1. The number of H-pyrrole nitrogens is 1. The molecule has 3 aromatic heterocycles. The number of carboxylic acid groups (broad SMARTS) is 1. The molecule has 0 spiro atoms. The summed E-state index contributed by atoms with van der Waals surface area (Å²) in [5.41, 5.74) is 4.33. The molecule has 13 nitrogen and oxygen atoms in total. The van der Waals surface area contributed by atoms with Crippen LogP contribution in [0.1, 0.15) is 28.5 Å². The Bertz CT molecular complexity index is 1450. The Morgan fingerprint density at radius 3 is 2.78 bits per heavy atom. The third-order valence-electron chi connectivity index (χ3n) is 5.50. The summed E-state index contributed by atoms with van der Waals surface area (Å²) in [6, 6.07) is 7.49. The van der Waals surface area contributed by atoms with E-state index in [2.05, 4.69) is 42.2 Å². The van der Waals surface area contributed by atoms with Crippen LogP contribution in [0.3, 0.4) is 0 Å². The molecule has 37 heavy (non-hydrogen) atoms. The van der Waals surface area contributed by atoms with Gasteiger partial charge in [0.1, 0.15) is 6.07 Å². The predicted octanol–water partition coefficient (Wildman–Crippen LogP) is 2.31. The van der Waals surface area contributed by atoms with E-state index >= 15 is 0 Å². The Morgan fingerprint density at radius 1 is 1.22 bits per heavy atom. The summed E-state index contributed by atoms with van der Waals surface area (Å²) in [6.45, 7) is 2.94. The molecule has 2 amide bonds. The summed E-state index contributed by atoms with van der Waals surface area (Å²) in [4.78, 5) is 32.0. The number of fused-ring (bicyclic) bond motifs is 1. The summed E-state index contributed by atoms with van der Waals surface area (Å²) in [5, 5.41) is 32.8. The molecule has 0 saturated heterocycles. The van der Waals surface area contributed by atoms with Gasteiger partial charge in [-0.15, -0.1) is 0 Å². The molecule has 0 bridgehead atoms. The second-order valence-corrected chi connectivity index (χ2v) is 7.82. The van der Waals surface area contributed by atoms with Gasteiger partial charge in [0.05, 0.1) is 30.7 Å². The zero-order valence-corrected chi connectivity index (χ0v) is 20.0. The summed E-state index contributed by atoms with van der Waals surface area (Å²) in [5.74, 6) is 0.298. The van der Waals surface area contributed by atoms with E-state index in [1.165, 1.54) is 0 Å². The molecule has 4 rings (SSSR count). The maximum Gasteiger partial charge on any atom is 0.404 e. The molecule has 190 valence electrons. The van der Waals surface area contributed by atoms with Gasteiger partial charge in [-0.25, -0.2) is 14.8 Å². The average molecular weight is 504 g/mol. The van der Waals surface area contributed by atoms with E-state index in [-0.39, 0.29) is 31.4 Å². The Hall–Kier alpha value is -4.96. The number of anilines is 2. The Morgan fingerprint density at radius 2 is 2.03 bits per heavy atom. The van der Waals surface area contributed by atoms with Crippen molar-refractivity contribution in [2.75, 3.05) is 31.6 Å². The highest BCUT2D eigenvalue weighted by molar-refractivity contribution is 5.96. The van der Waals surface area contributed by atoms with Gasteiger partial charge in [-0.1, -0.05) is 6.92 Å². The van der Waals surface area contributed by atoms with Crippen LogP contribution in [0.15, 0.2) is 43.0 Å². The maximum absolute atomic E-state index is 12.7. The molecule has 1 aromatic carbocycles. The first-order chi connectivity index (χ1) is 18.0. The molecule has 0 unspecified atom stereocenters. The lowest BCUT2D eigenvalue weighted by Gasteiger charge is -2.13. The lowest BCUT2D eigenvalue weighted by atomic mass is 10.0. The molecule has 4 aromatic rings. The molecule has 5 N–H and O–H groups in total. The first-order valence-electron chi connectivity index (χ1n) is 11.5. The summed E-state index contributed by atoms with van der Waals surface area (Å²) >= 11 is 0. The first kappa shape index (κ1) is 25.1. The van der Waals surface area contributed by atoms with Crippen LogP contribution in [0.5, 0.6) is 0 Å². The van der Waals surface area contributed by atoms with E-state index < -0.39 is 6.09 Å². The number of amides is 2. The van der Waals surface area contributed by atoms with Gasteiger partial charge in [-0.05, 0) is 30.2 Å². The van der Waals surface area contributed by atoms with Gasteiger partial charge in [-0.2, -0.15) is 10.4 Å². The number of hydrogen-bond acceptors (Lipinski definition) is 8. The smallest absolute Gasteiger partial charge is 0.404 e. The lowest BCUT2D eigenvalue weighted by Crippen LogP contribution is -2.30. The van der Waals surface area contributed by atoms with Crippen molar-refractivity contribution in [2.45, 2.75) is 13.3 Å². The van der Waals surface area contributed by atoms with Crippen molar-refractivity contribution in [1.82, 2.24) is 35.2 Å². The number of nitrogens with one attached hydrogen (secondary N) is 4. The molecular formula is C24H25N9O4. The number of ether oxygens (including phenoxy) is 1. The predicted molar refractivity (Wildman–Crippen MR) is 134 cm³/mol. The normalized spacial score (nSPS) is 10.7. The van der Waals surface area contributed by atoms with Crippen molar-refractivity contribution in [1.29, 1.82) is 5.26 Å². The number of nitriles is 1. The van der Waals surface area contributed by atoms with E-state index in [0.717, 1.165) is 11.3 Å². The Labute approximate surface area is 211 Å². The third kappa shape index (κ3) is 5.82. The van der Waals surface area contributed by atoms with Crippen LogP contribution in [-0.2, 0) is 11.2 Å². The van der Waals surface area contributed by atoms with E-state index in [9.17, 15) is 14.9 Å². The number of carbonyl (C=O) groups excluding carboxylic acids is 1. The molecule has 0 aliphatic rings. The minimum absolute atomic E-state index is 0.185. The number of aromatic nitrogens is 5. The number of imidazole rings is 1. The SMILES string of the molecule is CCc1cc(Nc2nccn3c(-c4c[nH]nc4C#N)cnc23)ccc1C(=O)NCCOCCNC(=O)O. The van der Waals surface area contributed by atoms with Gasteiger partial charge >= 0.3 is 6.09 Å². The average Bonchev–Trinajstić information content (AvgIpc) is 3.55. The van der Waals surface area contributed by atoms with Gasteiger partial charge in [-0.3, -0.25) is 14.3 Å². The third-order valence-corrected chi connectivity index (χ3v) is 5.50. The van der Waals surface area contributed by atoms with E-state index in [1.807, 2.05) is 17.4 Å². The van der Waals surface area contributed by atoms with Crippen molar-refractivity contribution in [3.63, 3.8) is 0 Å². The van der Waals surface area contributed by atoms with Crippen LogP contribution in [-0.4, -0.2) is 68.0 Å². The molecule has 0 radical (unpaired) electrons. The van der Waals surface area contributed by atoms with Crippen molar-refractivity contribution in [3.8, 4) is 17.3 Å². The second-order valence-electron chi connectivity index (χ2n) is 7.82. The number of aryl methyl sites for hydroxylation is 1. The Balaban J connectivity index is 1.43. The minimum Gasteiger partial charge on any atom is -0.465 e. The summed E-state index contributed by atoms with van der Waals surface area (Å²) in [6.07, 6.45) is 6.23. The zero-order valence-electron chi connectivity index (χ0n) is 20.0. The van der Waals surface area contributed by atoms with Crippen molar-refractivity contribution in [3.05, 3.63) is 59.8 Å². The number of rotatable bonds is 11. The van der Waals surface area contributed by atoms with Crippen LogP contribution in [0.2, 0.25) is 0 Å². The van der Waals surface area contributed by atoms with Crippen molar-refractivity contribution in [2.24, 2.45) is 0 Å². The fourth-order valence-corrected chi connectivity index (χ4v) is 3.76. The number of benzene rings is 1. The summed E-state index contributed by atoms with van der Waals surface area (Å²) in [7, 11) is 0. The summed E-state index contributed by atoms with van der Waals surface area (Å²) < 4.78 is 7.12. The molecule has 0 atom stereocenters. The first-order valence-corrected chi connectivity index (χ1v) is 11.5. The van der Waals surface area contributed by atoms with Gasteiger partial charge in [0.15, 0.2) is 17.2 Å². The van der Waals surface area contributed by atoms with Gasteiger partial charge < -0.3 is 25.8 Å². The standard InChI is InChI=1S/C24H25N9O4/c1-2-15-11-16(3-4-17(15)23(34)27-6-9-37-10-7-28-24(35)36)31-21-22-29-14-20(33(22)8-5-26-21)18-13-30-32-19(18)12-25/h3-5,8,11,13-14,28H,2,6-7,9-10H2,1H3,(H,26,31)(H,27,34)(H,30,32)(H,35,36). The van der Waals surface area contributed by atoms with E-state index in [1.54, 1.807) is 36.9 Å². The Kier molecular flexibility index (Phi) is 7.91. The minimum atomic E-state index is -1.10. The number of nitrogens with zero attached hydrogens (tertiary/aromatic N) is 5. The highest BCUT2D eigenvalue weighted by Gasteiger charge is 2.16. The number of carbonyl (C=O) groups is 2. The number of hydrogen-bond donors (Lipinski definition) is 5. The van der Waals surface area contributed by atoms with Crippen LogP contribution in [0.4, 0.5) is 16.3 Å². The fourth-order valence-electron chi connectivity index (χ4n) is 3.76. The largest absolute Gasteiger partial charge is 0.465 e. The van der Waals surface area contributed by atoms with Gasteiger partial charge in [0.25, 0.3) is 5.91 Å². The van der Waals surface area contributed by atoms with Gasteiger partial charge in [0.2, 0.25) is 0 Å². The molecule has 0 aliphatic carbocycles. The topological polar surface area (TPSA) is 182 Å². The van der Waals surface area contributed by atoms with Crippen molar-refractivity contribution >= 4 is 29.2 Å². The quantitative estimate of drug-likeness (QED) is 0.192. The molecule has 0 aliphatic heterocycles.